The predicted octanol–water partition coefficient (Wildman–Crippen LogP) is 0.701. The number of hydrogen-bond donors (Lipinski definition) is 0. The van der Waals surface area contributed by atoms with Gasteiger partial charge in [-0.05, 0) is 6.42 Å². The number of carbonyl (C=O) groups excluding carboxylic acids is 1. The molecule has 6 nitrogen and oxygen atoms in total. The molecular formula is C14H19N3O3S. The number of rotatable bonds is 3. The summed E-state index contributed by atoms with van der Waals surface area (Å²) in [5.41, 5.74) is 0.778. The Bertz CT molecular complexity index is 596. The molecule has 2 aliphatic rings. The van der Waals surface area contributed by atoms with Gasteiger partial charge in [-0.15, -0.1) is 0 Å². The smallest absolute Gasteiger partial charge is 0.254 e. The van der Waals surface area contributed by atoms with Gasteiger partial charge in [-0.2, -0.15) is 0 Å². The normalized spacial score (nSPS) is 21.4. The molecule has 0 aliphatic carbocycles. The number of morpholine rings is 1. The van der Waals surface area contributed by atoms with Crippen molar-refractivity contribution >= 4 is 17.7 Å². The number of hydrogen-bond acceptors (Lipinski definition) is 5. The third-order valence-corrected chi connectivity index (χ3v) is 4.98. The molecule has 7 heteroatoms. The van der Waals surface area contributed by atoms with Gasteiger partial charge in [-0.1, -0.05) is 18.7 Å². The van der Waals surface area contributed by atoms with E-state index in [0.717, 1.165) is 23.0 Å². The Morgan fingerprint density at radius 1 is 1.48 bits per heavy atom. The lowest BCUT2D eigenvalue weighted by Gasteiger charge is -2.28. The van der Waals surface area contributed by atoms with Crippen LogP contribution in [0, 0.1) is 0 Å². The molecule has 0 N–H and O–H groups in total. The highest BCUT2D eigenvalue weighted by Gasteiger charge is 2.29. The zero-order valence-corrected chi connectivity index (χ0v) is 12.9. The Morgan fingerprint density at radius 2 is 2.24 bits per heavy atom. The summed E-state index contributed by atoms with van der Waals surface area (Å²) in [7, 11) is 0. The molecule has 1 saturated heterocycles. The van der Waals surface area contributed by atoms with E-state index < -0.39 is 0 Å². The van der Waals surface area contributed by atoms with Gasteiger partial charge in [0.1, 0.15) is 0 Å². The largest absolute Gasteiger partial charge is 0.378 e. The molecular weight excluding hydrogens is 290 g/mol. The molecule has 1 amide bonds. The van der Waals surface area contributed by atoms with Crippen molar-refractivity contribution in [3.63, 3.8) is 0 Å². The number of fused-ring (bicyclic) bond motifs is 1. The molecule has 2 aliphatic heterocycles. The maximum Gasteiger partial charge on any atom is 0.254 e. The van der Waals surface area contributed by atoms with Crippen molar-refractivity contribution in [3.8, 4) is 0 Å². The Morgan fingerprint density at radius 3 is 2.95 bits per heavy atom. The molecule has 21 heavy (non-hydrogen) atoms. The molecule has 1 aromatic heterocycles. The second-order valence-corrected chi connectivity index (χ2v) is 6.24. The first kappa shape index (κ1) is 14.6. The Labute approximate surface area is 127 Å². The highest BCUT2D eigenvalue weighted by Crippen LogP contribution is 2.32. The van der Waals surface area contributed by atoms with E-state index in [0.29, 0.717) is 32.7 Å². The van der Waals surface area contributed by atoms with E-state index in [4.69, 9.17) is 4.74 Å². The molecule has 3 rings (SSSR count). The summed E-state index contributed by atoms with van der Waals surface area (Å²) >= 11 is 1.56. The maximum absolute atomic E-state index is 12.3. The molecule has 0 saturated carbocycles. The average molecular weight is 309 g/mol. The minimum atomic E-state index is -0.0775. The number of aryl methyl sites for hydroxylation is 1. The molecule has 0 unspecified atom stereocenters. The first-order chi connectivity index (χ1) is 10.2. The molecule has 0 spiro atoms. The van der Waals surface area contributed by atoms with Crippen molar-refractivity contribution in [3.05, 3.63) is 22.1 Å². The monoisotopic (exact) mass is 309 g/mol. The van der Waals surface area contributed by atoms with Crippen molar-refractivity contribution in [2.24, 2.45) is 0 Å². The molecule has 0 aromatic carbocycles. The molecule has 0 radical (unpaired) electrons. The standard InChI is InChI=1S/C14H19N3O3S/c1-2-10-7-13(19)17-11(9-21-14(17)15-10)8-12(18)16-3-5-20-6-4-16/h7,11H,2-6,8-9H2,1H3/t11-/m0/s1. The van der Waals surface area contributed by atoms with Crippen molar-refractivity contribution in [2.45, 2.75) is 31.0 Å². The van der Waals surface area contributed by atoms with E-state index >= 15 is 0 Å². The van der Waals surface area contributed by atoms with Crippen LogP contribution in [0.25, 0.3) is 0 Å². The van der Waals surface area contributed by atoms with E-state index in [1.807, 2.05) is 11.8 Å². The van der Waals surface area contributed by atoms with Gasteiger partial charge in [0.25, 0.3) is 5.56 Å². The summed E-state index contributed by atoms with van der Waals surface area (Å²) in [5, 5.41) is 0.749. The highest BCUT2D eigenvalue weighted by atomic mass is 32.2. The summed E-state index contributed by atoms with van der Waals surface area (Å²) in [5.74, 6) is 0.842. The minimum absolute atomic E-state index is 0.0402. The van der Waals surface area contributed by atoms with Crippen molar-refractivity contribution in [1.29, 1.82) is 0 Å². The van der Waals surface area contributed by atoms with Crippen LogP contribution >= 0.6 is 11.8 Å². The number of ether oxygens (including phenoxy) is 1. The van der Waals surface area contributed by atoms with Gasteiger partial charge < -0.3 is 9.64 Å². The summed E-state index contributed by atoms with van der Waals surface area (Å²) in [6.07, 6.45) is 1.12. The fraction of sp³-hybridized carbons (Fsp3) is 0.643. The summed E-state index contributed by atoms with van der Waals surface area (Å²) in [6.45, 7) is 4.48. The van der Waals surface area contributed by atoms with E-state index in [-0.39, 0.29) is 17.5 Å². The van der Waals surface area contributed by atoms with Gasteiger partial charge in [0.05, 0.1) is 19.3 Å². The van der Waals surface area contributed by atoms with E-state index in [9.17, 15) is 9.59 Å². The van der Waals surface area contributed by atoms with Crippen LogP contribution in [0.1, 0.15) is 25.1 Å². The lowest BCUT2D eigenvalue weighted by atomic mass is 10.2. The number of thioether (sulfide) groups is 1. The quantitative estimate of drug-likeness (QED) is 0.769. The van der Waals surface area contributed by atoms with Crippen molar-refractivity contribution in [1.82, 2.24) is 14.5 Å². The zero-order valence-electron chi connectivity index (χ0n) is 12.1. The van der Waals surface area contributed by atoms with Gasteiger partial charge in [0.2, 0.25) is 5.91 Å². The van der Waals surface area contributed by atoms with Crippen LogP contribution < -0.4 is 5.56 Å². The van der Waals surface area contributed by atoms with Crippen LogP contribution in [0.5, 0.6) is 0 Å². The fourth-order valence-corrected chi connectivity index (χ4v) is 3.84. The third-order valence-electron chi connectivity index (χ3n) is 3.88. The molecule has 1 aromatic rings. The van der Waals surface area contributed by atoms with Crippen LogP contribution in [0.2, 0.25) is 0 Å². The number of amides is 1. The highest BCUT2D eigenvalue weighted by molar-refractivity contribution is 7.99. The van der Waals surface area contributed by atoms with Gasteiger partial charge in [0.15, 0.2) is 5.16 Å². The van der Waals surface area contributed by atoms with E-state index in [2.05, 4.69) is 4.98 Å². The lowest BCUT2D eigenvalue weighted by molar-refractivity contribution is -0.136. The predicted molar refractivity (Wildman–Crippen MR) is 79.7 cm³/mol. The minimum Gasteiger partial charge on any atom is -0.378 e. The summed E-state index contributed by atoms with van der Waals surface area (Å²) in [4.78, 5) is 30.9. The van der Waals surface area contributed by atoms with Crippen LogP contribution in [-0.2, 0) is 16.0 Å². The Hall–Kier alpha value is -1.34. The van der Waals surface area contributed by atoms with Gasteiger partial charge >= 0.3 is 0 Å². The fourth-order valence-electron chi connectivity index (χ4n) is 2.67. The molecule has 1 fully saturated rings. The molecule has 0 bridgehead atoms. The Kier molecular flexibility index (Phi) is 4.30. The van der Waals surface area contributed by atoms with Crippen LogP contribution in [-0.4, -0.2) is 52.4 Å². The molecule has 1 atom stereocenters. The van der Waals surface area contributed by atoms with Crippen LogP contribution in [0.3, 0.4) is 0 Å². The van der Waals surface area contributed by atoms with Crippen LogP contribution in [0.15, 0.2) is 16.0 Å². The van der Waals surface area contributed by atoms with Crippen molar-refractivity contribution in [2.75, 3.05) is 32.1 Å². The lowest BCUT2D eigenvalue weighted by Crippen LogP contribution is -2.42. The molecule has 3 heterocycles. The van der Waals surface area contributed by atoms with E-state index in [1.54, 1.807) is 22.4 Å². The van der Waals surface area contributed by atoms with Crippen molar-refractivity contribution < 1.29 is 9.53 Å². The third kappa shape index (κ3) is 2.98. The molecule has 114 valence electrons. The second kappa shape index (κ2) is 6.19. The van der Waals surface area contributed by atoms with E-state index in [1.165, 1.54) is 0 Å². The second-order valence-electron chi connectivity index (χ2n) is 5.25. The maximum atomic E-state index is 12.3. The number of aromatic nitrogens is 2. The zero-order chi connectivity index (χ0) is 14.8. The summed E-state index contributed by atoms with van der Waals surface area (Å²) in [6, 6.07) is 1.51. The first-order valence-corrected chi connectivity index (χ1v) is 8.28. The topological polar surface area (TPSA) is 64.4 Å². The summed E-state index contributed by atoms with van der Waals surface area (Å²) < 4.78 is 6.94. The average Bonchev–Trinajstić information content (AvgIpc) is 2.91. The van der Waals surface area contributed by atoms with Crippen LogP contribution in [0.4, 0.5) is 0 Å². The SMILES string of the molecule is CCc1cc(=O)n2c(n1)SC[C@@H]2CC(=O)N1CCOCC1. The van der Waals surface area contributed by atoms with Gasteiger partial charge in [0, 0.05) is 37.0 Å². The number of nitrogens with zero attached hydrogens (tertiary/aromatic N) is 3. The van der Waals surface area contributed by atoms with Gasteiger partial charge in [-0.3, -0.25) is 14.2 Å². The Balaban J connectivity index is 1.75. The number of carbonyl (C=O) groups is 1. The van der Waals surface area contributed by atoms with Gasteiger partial charge in [-0.25, -0.2) is 4.98 Å². The first-order valence-electron chi connectivity index (χ1n) is 7.30.